The lowest BCUT2D eigenvalue weighted by Crippen LogP contribution is -2.21. The topological polar surface area (TPSA) is 144 Å². The van der Waals surface area contributed by atoms with Gasteiger partial charge in [-0.3, -0.25) is 14.8 Å². The molecule has 26 heavy (non-hydrogen) atoms. The summed E-state index contributed by atoms with van der Waals surface area (Å²) < 4.78 is 4.79. The van der Waals surface area contributed by atoms with Gasteiger partial charge in [0.1, 0.15) is 9.83 Å². The number of rotatable bonds is 4. The van der Waals surface area contributed by atoms with Crippen molar-refractivity contribution in [1.29, 1.82) is 0 Å². The van der Waals surface area contributed by atoms with E-state index in [9.17, 15) is 14.4 Å². The molecule has 4 N–H and O–H groups in total. The van der Waals surface area contributed by atoms with Crippen molar-refractivity contribution in [2.75, 3.05) is 12.3 Å². The quantitative estimate of drug-likeness (QED) is 0.568. The molecule has 0 aliphatic rings. The molecule has 9 nitrogen and oxygen atoms in total. The van der Waals surface area contributed by atoms with Crippen LogP contribution in [-0.4, -0.2) is 32.5 Å². The first-order valence-corrected chi connectivity index (χ1v) is 9.57. The number of esters is 1. The van der Waals surface area contributed by atoms with E-state index >= 15 is 0 Å². The molecule has 0 aliphatic carbocycles. The third-order valence-electron chi connectivity index (χ3n) is 3.11. The largest absolute Gasteiger partial charge is 0.461 e. The van der Waals surface area contributed by atoms with Crippen LogP contribution in [0, 0.1) is 0 Å². The summed E-state index contributed by atoms with van der Waals surface area (Å²) in [5.41, 5.74) is 5.27. The van der Waals surface area contributed by atoms with Gasteiger partial charge in [-0.1, -0.05) is 13.8 Å². The van der Waals surface area contributed by atoms with Crippen LogP contribution in [0.5, 0.6) is 0 Å². The second kappa shape index (κ2) is 8.72. The third-order valence-corrected chi connectivity index (χ3v) is 5.26. The molecule has 3 rings (SSSR count). The number of ether oxygens (including phenoxy) is 1. The summed E-state index contributed by atoms with van der Waals surface area (Å²) in [6.45, 7) is 6.01. The zero-order valence-electron chi connectivity index (χ0n) is 14.5. The van der Waals surface area contributed by atoms with Crippen molar-refractivity contribution >= 4 is 44.0 Å². The number of nitrogen functional groups attached to an aromatic ring is 1. The van der Waals surface area contributed by atoms with Crippen LogP contribution in [-0.2, 0) is 17.6 Å². The zero-order valence-corrected chi connectivity index (χ0v) is 16.2. The number of nitrogens with two attached hydrogens (primary N) is 1. The van der Waals surface area contributed by atoms with E-state index < -0.39 is 17.2 Å². The van der Waals surface area contributed by atoms with E-state index in [1.165, 1.54) is 22.7 Å². The fourth-order valence-electron chi connectivity index (χ4n) is 1.93. The highest BCUT2D eigenvalue weighted by Crippen LogP contribution is 2.22. The second-order valence-electron chi connectivity index (χ2n) is 4.94. The highest BCUT2D eigenvalue weighted by atomic mass is 32.1. The Morgan fingerprint density at radius 3 is 2.31 bits per heavy atom. The molecule has 0 amide bonds. The minimum Gasteiger partial charge on any atom is -0.461 e. The maximum absolute atomic E-state index is 11.2. The molecule has 0 spiro atoms. The Kier molecular flexibility index (Phi) is 6.64. The summed E-state index contributed by atoms with van der Waals surface area (Å²) >= 11 is 2.67. The lowest BCUT2D eigenvalue weighted by molar-refractivity contribution is 0.0521. The van der Waals surface area contributed by atoms with Crippen molar-refractivity contribution in [2.45, 2.75) is 33.6 Å². The highest BCUT2D eigenvalue weighted by Gasteiger charge is 2.16. The molecule has 0 aromatic carbocycles. The number of nitrogens with one attached hydrogen (secondary N) is 2. The van der Waals surface area contributed by atoms with Gasteiger partial charge in [0.25, 0.3) is 5.56 Å². The first-order valence-electron chi connectivity index (χ1n) is 7.93. The highest BCUT2D eigenvalue weighted by molar-refractivity contribution is 7.18. The molecule has 3 aromatic heterocycles. The molecule has 0 radical (unpaired) electrons. The Morgan fingerprint density at radius 2 is 1.73 bits per heavy atom. The van der Waals surface area contributed by atoms with Gasteiger partial charge in [-0.15, -0.1) is 22.7 Å². The van der Waals surface area contributed by atoms with Crippen LogP contribution >= 0.6 is 22.7 Å². The maximum Gasteiger partial charge on any atom is 0.360 e. The Labute approximate surface area is 156 Å². The number of H-pyrrole nitrogens is 2. The molecular formula is C15H19N5O4S2. The number of aromatic amines is 2. The van der Waals surface area contributed by atoms with Gasteiger partial charge in [-0.25, -0.2) is 19.6 Å². The molecule has 11 heteroatoms. The molecule has 0 bridgehead atoms. The number of anilines is 1. The molecule has 0 atom stereocenters. The molecule has 3 heterocycles. The third kappa shape index (κ3) is 4.55. The molecule has 0 aliphatic heterocycles. The van der Waals surface area contributed by atoms with Gasteiger partial charge in [-0.2, -0.15) is 0 Å². The van der Waals surface area contributed by atoms with E-state index in [-0.39, 0.29) is 5.69 Å². The van der Waals surface area contributed by atoms with E-state index in [0.29, 0.717) is 22.0 Å². The smallest absolute Gasteiger partial charge is 0.360 e. The predicted octanol–water partition coefficient (Wildman–Crippen LogP) is 1.70. The van der Waals surface area contributed by atoms with Crippen molar-refractivity contribution in [3.63, 3.8) is 0 Å². The van der Waals surface area contributed by atoms with Gasteiger partial charge in [0.05, 0.1) is 16.6 Å². The number of aryl methyl sites for hydroxylation is 2. The molecular weight excluding hydrogens is 378 g/mol. The van der Waals surface area contributed by atoms with Crippen LogP contribution in [0.1, 0.15) is 41.3 Å². The monoisotopic (exact) mass is 397 g/mol. The SMILES string of the molecule is CCOC(=O)c1nc(CC)sc1N.CCc1nc2c(=O)[nH]c(=O)[nH]c2s1. The van der Waals surface area contributed by atoms with Crippen LogP contribution in [0.2, 0.25) is 0 Å². The standard InChI is InChI=1S/C8H12N2O2S.C7H7N3O2S/c1-3-5-10-6(7(9)13-5)8(11)12-4-2;1-2-3-8-4-5(11)9-7(12)10-6(4)13-3/h3-4,9H2,1-2H3;2H2,1H3,(H2,9,10,11,12). The average Bonchev–Trinajstić information content (AvgIpc) is 3.18. The number of hydrogen-bond acceptors (Lipinski definition) is 9. The Morgan fingerprint density at radius 1 is 1.08 bits per heavy atom. The predicted molar refractivity (Wildman–Crippen MR) is 102 cm³/mol. The van der Waals surface area contributed by atoms with E-state index in [1.807, 2.05) is 13.8 Å². The molecule has 0 fully saturated rings. The Bertz CT molecular complexity index is 1020. The van der Waals surface area contributed by atoms with E-state index in [1.54, 1.807) is 6.92 Å². The fourth-order valence-corrected chi connectivity index (χ4v) is 3.58. The van der Waals surface area contributed by atoms with E-state index in [2.05, 4.69) is 19.9 Å². The van der Waals surface area contributed by atoms with Crippen LogP contribution < -0.4 is 17.0 Å². The van der Waals surface area contributed by atoms with Crippen molar-refractivity contribution in [1.82, 2.24) is 19.9 Å². The summed E-state index contributed by atoms with van der Waals surface area (Å²) in [4.78, 5) is 46.7. The van der Waals surface area contributed by atoms with Crippen LogP contribution in [0.25, 0.3) is 10.3 Å². The second-order valence-corrected chi connectivity index (χ2v) is 7.14. The summed E-state index contributed by atoms with van der Waals surface area (Å²) in [6, 6.07) is 0. The van der Waals surface area contributed by atoms with Gasteiger partial charge < -0.3 is 10.5 Å². The van der Waals surface area contributed by atoms with Crippen LogP contribution in [0.4, 0.5) is 5.00 Å². The van der Waals surface area contributed by atoms with Gasteiger partial charge >= 0.3 is 11.7 Å². The number of carbonyl (C=O) groups excluding carboxylic acids is 1. The Balaban J connectivity index is 0.000000187. The Hall–Kier alpha value is -2.53. The minimum atomic E-state index is -0.483. The lowest BCUT2D eigenvalue weighted by Gasteiger charge is -1.97. The molecule has 140 valence electrons. The molecule has 0 saturated carbocycles. The maximum atomic E-state index is 11.2. The first-order chi connectivity index (χ1) is 12.4. The number of carbonyl (C=O) groups is 1. The summed E-state index contributed by atoms with van der Waals surface area (Å²) in [7, 11) is 0. The van der Waals surface area contributed by atoms with Gasteiger partial charge in [0, 0.05) is 0 Å². The van der Waals surface area contributed by atoms with Gasteiger partial charge in [0.2, 0.25) is 0 Å². The van der Waals surface area contributed by atoms with Gasteiger partial charge in [-0.05, 0) is 19.8 Å². The average molecular weight is 397 g/mol. The summed E-state index contributed by atoms with van der Waals surface area (Å²) in [5.74, 6) is -0.434. The van der Waals surface area contributed by atoms with Crippen molar-refractivity contribution in [3.05, 3.63) is 36.5 Å². The van der Waals surface area contributed by atoms with Crippen LogP contribution in [0.3, 0.4) is 0 Å². The fraction of sp³-hybridized carbons (Fsp3) is 0.400. The minimum absolute atomic E-state index is 0.253. The van der Waals surface area contributed by atoms with Crippen LogP contribution in [0.15, 0.2) is 9.59 Å². The number of hydrogen-bond donors (Lipinski definition) is 3. The number of nitrogens with zero attached hydrogens (tertiary/aromatic N) is 2. The van der Waals surface area contributed by atoms with Crippen molar-refractivity contribution in [3.8, 4) is 0 Å². The van der Waals surface area contributed by atoms with E-state index in [0.717, 1.165) is 22.9 Å². The normalized spacial score (nSPS) is 10.4. The number of fused-ring (bicyclic) bond motifs is 1. The van der Waals surface area contributed by atoms with E-state index in [4.69, 9.17) is 10.5 Å². The summed E-state index contributed by atoms with van der Waals surface area (Å²) in [6.07, 6.45) is 1.55. The zero-order chi connectivity index (χ0) is 19.3. The number of thiazole rings is 2. The van der Waals surface area contributed by atoms with Gasteiger partial charge in [0.15, 0.2) is 11.2 Å². The molecule has 0 saturated heterocycles. The van der Waals surface area contributed by atoms with Crippen molar-refractivity contribution < 1.29 is 9.53 Å². The molecule has 0 unspecified atom stereocenters. The number of aromatic nitrogens is 4. The molecule has 3 aromatic rings. The summed E-state index contributed by atoms with van der Waals surface area (Å²) in [5, 5.41) is 2.15. The van der Waals surface area contributed by atoms with Crippen molar-refractivity contribution in [2.24, 2.45) is 0 Å². The first kappa shape index (κ1) is 19.8. The lowest BCUT2D eigenvalue weighted by atomic mass is 10.4.